The third-order valence-corrected chi connectivity index (χ3v) is 5.40. The fourth-order valence-electron chi connectivity index (χ4n) is 2.85. The number of amides is 1. The van der Waals surface area contributed by atoms with Crippen molar-refractivity contribution < 1.29 is 13.9 Å². The van der Waals surface area contributed by atoms with Gasteiger partial charge in [0.25, 0.3) is 5.91 Å². The van der Waals surface area contributed by atoms with Crippen molar-refractivity contribution in [1.29, 1.82) is 0 Å². The van der Waals surface area contributed by atoms with Gasteiger partial charge in [-0.2, -0.15) is 5.10 Å². The summed E-state index contributed by atoms with van der Waals surface area (Å²) < 4.78 is 20.6. The van der Waals surface area contributed by atoms with Gasteiger partial charge in [-0.1, -0.05) is 0 Å². The monoisotopic (exact) mass is 440 g/mol. The molecule has 0 saturated heterocycles. The van der Waals surface area contributed by atoms with E-state index in [1.807, 2.05) is 12.1 Å². The van der Waals surface area contributed by atoms with Crippen molar-refractivity contribution >= 4 is 22.9 Å². The molecule has 0 unspecified atom stereocenters. The number of ether oxygens (including phenoxy) is 1. The number of nitrogens with zero attached hydrogens (tertiary/aromatic N) is 5. The van der Waals surface area contributed by atoms with Crippen LogP contribution in [0.3, 0.4) is 0 Å². The third kappa shape index (κ3) is 4.40. The Morgan fingerprint density at radius 2 is 2.23 bits per heavy atom. The number of anilines is 1. The molecule has 9 nitrogen and oxygen atoms in total. The second-order valence-corrected chi connectivity index (χ2v) is 7.69. The number of carbonyl (C=O) groups excluding carboxylic acids is 1. The van der Waals surface area contributed by atoms with Crippen LogP contribution in [-0.2, 0) is 17.9 Å². The van der Waals surface area contributed by atoms with Crippen LogP contribution in [0.1, 0.15) is 9.75 Å². The lowest BCUT2D eigenvalue weighted by Gasteiger charge is -2.22. The summed E-state index contributed by atoms with van der Waals surface area (Å²) in [5, 5.41) is 4.00. The SMILES string of the molecule is NC/C(=C\F)Cn1ncn(Cc2ccc(C#CN3C(=O)COc4ncccc43)s2)c1=O. The van der Waals surface area contributed by atoms with Crippen LogP contribution in [0.5, 0.6) is 5.88 Å². The van der Waals surface area contributed by atoms with E-state index >= 15 is 0 Å². The Balaban J connectivity index is 1.49. The van der Waals surface area contributed by atoms with Crippen LogP contribution < -0.4 is 21.1 Å². The van der Waals surface area contributed by atoms with E-state index in [0.717, 1.165) is 14.4 Å². The van der Waals surface area contributed by atoms with E-state index < -0.39 is 0 Å². The molecule has 4 heterocycles. The molecule has 1 aliphatic heterocycles. The maximum absolute atomic E-state index is 12.7. The molecule has 158 valence electrons. The number of carbonyl (C=O) groups is 1. The van der Waals surface area contributed by atoms with Crippen LogP contribution in [0.4, 0.5) is 10.1 Å². The molecule has 0 atom stereocenters. The Hall–Kier alpha value is -3.75. The van der Waals surface area contributed by atoms with Crippen molar-refractivity contribution in [2.75, 3.05) is 18.1 Å². The van der Waals surface area contributed by atoms with Gasteiger partial charge in [0.1, 0.15) is 12.0 Å². The van der Waals surface area contributed by atoms with Crippen LogP contribution in [0, 0.1) is 12.0 Å². The highest BCUT2D eigenvalue weighted by molar-refractivity contribution is 7.12. The summed E-state index contributed by atoms with van der Waals surface area (Å²) in [5.41, 5.74) is 5.84. The zero-order valence-corrected chi connectivity index (χ0v) is 17.0. The Bertz CT molecular complexity index is 1270. The molecule has 2 N–H and O–H groups in total. The zero-order valence-electron chi connectivity index (χ0n) is 16.2. The first-order valence-electron chi connectivity index (χ1n) is 9.20. The van der Waals surface area contributed by atoms with E-state index in [0.29, 0.717) is 24.4 Å². The lowest BCUT2D eigenvalue weighted by molar-refractivity contribution is -0.120. The van der Waals surface area contributed by atoms with E-state index in [-0.39, 0.29) is 36.9 Å². The predicted octanol–water partition coefficient (Wildman–Crippen LogP) is 1.10. The largest absolute Gasteiger partial charge is 0.466 e. The van der Waals surface area contributed by atoms with Gasteiger partial charge < -0.3 is 10.5 Å². The molecular weight excluding hydrogens is 423 g/mol. The van der Waals surface area contributed by atoms with Crippen molar-refractivity contribution in [3.05, 3.63) is 68.9 Å². The van der Waals surface area contributed by atoms with Crippen LogP contribution in [0.2, 0.25) is 0 Å². The summed E-state index contributed by atoms with van der Waals surface area (Å²) in [6, 6.07) is 9.94. The lowest BCUT2D eigenvalue weighted by Crippen LogP contribution is -2.35. The molecule has 1 amide bonds. The highest BCUT2D eigenvalue weighted by atomic mass is 32.1. The molecular formula is C20H17FN6O3S. The second-order valence-electron chi connectivity index (χ2n) is 6.52. The van der Waals surface area contributed by atoms with Gasteiger partial charge in [0.15, 0.2) is 6.61 Å². The van der Waals surface area contributed by atoms with Crippen molar-refractivity contribution in [2.45, 2.75) is 13.1 Å². The first-order chi connectivity index (χ1) is 15.1. The molecule has 0 bridgehead atoms. The molecule has 31 heavy (non-hydrogen) atoms. The van der Waals surface area contributed by atoms with E-state index in [1.54, 1.807) is 18.3 Å². The lowest BCUT2D eigenvalue weighted by atomic mass is 10.3. The molecule has 0 aliphatic carbocycles. The first kappa shape index (κ1) is 20.5. The number of pyridine rings is 1. The second kappa shape index (κ2) is 8.95. The number of aromatic nitrogens is 4. The van der Waals surface area contributed by atoms with E-state index in [1.165, 1.54) is 27.1 Å². The minimum Gasteiger partial charge on any atom is -0.466 e. The van der Waals surface area contributed by atoms with Crippen molar-refractivity contribution in [1.82, 2.24) is 19.3 Å². The topological polar surface area (TPSA) is 108 Å². The summed E-state index contributed by atoms with van der Waals surface area (Å²) in [6.45, 7) is 0.190. The highest BCUT2D eigenvalue weighted by Crippen LogP contribution is 2.28. The van der Waals surface area contributed by atoms with Crippen molar-refractivity contribution in [3.8, 4) is 17.8 Å². The number of halogens is 1. The van der Waals surface area contributed by atoms with Crippen molar-refractivity contribution in [2.24, 2.45) is 5.73 Å². The fraction of sp³-hybridized carbons (Fsp3) is 0.200. The van der Waals surface area contributed by atoms with Crippen molar-refractivity contribution in [3.63, 3.8) is 0 Å². The smallest absolute Gasteiger partial charge is 0.346 e. The summed E-state index contributed by atoms with van der Waals surface area (Å²) >= 11 is 1.39. The van der Waals surface area contributed by atoms with Gasteiger partial charge in [0.2, 0.25) is 5.88 Å². The van der Waals surface area contributed by atoms with Crippen LogP contribution in [0.25, 0.3) is 0 Å². The Kier molecular flexibility index (Phi) is 5.92. The van der Waals surface area contributed by atoms with E-state index in [2.05, 4.69) is 22.0 Å². The van der Waals surface area contributed by atoms with E-state index in [4.69, 9.17) is 10.5 Å². The maximum atomic E-state index is 12.7. The minimum absolute atomic E-state index is 0.00388. The molecule has 1 aliphatic rings. The molecule has 0 aromatic carbocycles. The average Bonchev–Trinajstić information content (AvgIpc) is 3.38. The average molecular weight is 440 g/mol. The van der Waals surface area contributed by atoms with Crippen LogP contribution in [-0.4, -0.2) is 38.4 Å². The normalized spacial score (nSPS) is 13.4. The van der Waals surface area contributed by atoms with Crippen LogP contribution in [0.15, 0.2) is 53.5 Å². The quantitative estimate of drug-likeness (QED) is 0.595. The van der Waals surface area contributed by atoms with Gasteiger partial charge >= 0.3 is 5.69 Å². The molecule has 0 radical (unpaired) electrons. The van der Waals surface area contributed by atoms with Gasteiger partial charge in [0, 0.05) is 23.7 Å². The summed E-state index contributed by atoms with van der Waals surface area (Å²) in [4.78, 5) is 31.6. The predicted molar refractivity (Wildman–Crippen MR) is 112 cm³/mol. The number of rotatable bonds is 5. The third-order valence-electron chi connectivity index (χ3n) is 4.42. The highest BCUT2D eigenvalue weighted by Gasteiger charge is 2.25. The minimum atomic E-state index is -0.364. The Labute approximate surface area is 180 Å². The van der Waals surface area contributed by atoms with Gasteiger partial charge in [0.05, 0.1) is 24.3 Å². The molecule has 0 saturated carbocycles. The zero-order chi connectivity index (χ0) is 21.8. The summed E-state index contributed by atoms with van der Waals surface area (Å²) in [6.07, 6.45) is 3.38. The molecule has 11 heteroatoms. The summed E-state index contributed by atoms with van der Waals surface area (Å²) in [7, 11) is 0. The van der Waals surface area contributed by atoms with Crippen LogP contribution >= 0.6 is 11.3 Å². The number of nitrogens with two attached hydrogens (primary N) is 1. The molecule has 3 aromatic rings. The maximum Gasteiger partial charge on any atom is 0.346 e. The van der Waals surface area contributed by atoms with Gasteiger partial charge in [-0.05, 0) is 35.8 Å². The first-order valence-corrected chi connectivity index (χ1v) is 10.0. The summed E-state index contributed by atoms with van der Waals surface area (Å²) in [5.74, 6) is 3.06. The fourth-order valence-corrected chi connectivity index (χ4v) is 3.70. The standard InChI is InChI=1S/C20H17FN6O3S/c21-8-14(9-22)10-27-20(29)25(13-24-27)11-16-4-3-15(31-16)5-7-26-17-2-1-6-23-19(17)30-12-18(26)28/h1-4,6,8,13H,9-12,22H2/b14-8+. The number of thiophene rings is 1. The Morgan fingerprint density at radius 3 is 3.03 bits per heavy atom. The van der Waals surface area contributed by atoms with Gasteiger partial charge in [-0.15, -0.1) is 11.3 Å². The number of fused-ring (bicyclic) bond motifs is 1. The molecule has 3 aromatic heterocycles. The number of hydrogen-bond donors (Lipinski definition) is 1. The van der Waals surface area contributed by atoms with Gasteiger partial charge in [-0.3, -0.25) is 9.36 Å². The number of hydrogen-bond acceptors (Lipinski definition) is 7. The van der Waals surface area contributed by atoms with E-state index in [9.17, 15) is 14.0 Å². The molecule has 4 rings (SSSR count). The van der Waals surface area contributed by atoms with Gasteiger partial charge in [-0.25, -0.2) is 23.8 Å². The molecule has 0 spiro atoms. The molecule has 0 fully saturated rings. The Morgan fingerprint density at radius 1 is 1.35 bits per heavy atom.